The van der Waals surface area contributed by atoms with E-state index in [1.807, 2.05) is 30.3 Å². The van der Waals surface area contributed by atoms with E-state index in [1.165, 1.54) is 42.8 Å². The maximum atomic E-state index is 14.7. The third-order valence-corrected chi connectivity index (χ3v) is 17.2. The first-order chi connectivity index (χ1) is 44.5. The molecule has 4 aliphatic heterocycles. The number of aliphatic hydroxyl groups excluding tert-OH is 6. The summed E-state index contributed by atoms with van der Waals surface area (Å²) < 4.78 is 15.4. The van der Waals surface area contributed by atoms with Gasteiger partial charge in [-0.15, -0.1) is 10.2 Å². The van der Waals surface area contributed by atoms with Crippen molar-refractivity contribution in [2.24, 2.45) is 11.7 Å². The minimum absolute atomic E-state index is 0.0338. The van der Waals surface area contributed by atoms with Crippen LogP contribution in [0.25, 0.3) is 22.9 Å². The summed E-state index contributed by atoms with van der Waals surface area (Å²) in [5, 5.41) is 111. The van der Waals surface area contributed by atoms with Crippen molar-refractivity contribution in [3.8, 4) is 34.4 Å². The summed E-state index contributed by atoms with van der Waals surface area (Å²) in [6.07, 6.45) is -11.6. The van der Waals surface area contributed by atoms with E-state index in [2.05, 4.69) is 75.3 Å². The van der Waals surface area contributed by atoms with Crippen molar-refractivity contribution in [2.45, 2.75) is 131 Å². The standard InChI is InChI=1S/C61H73N11O20S/c1-30-28-72-51(52(30)80)57(85)63-27-39(74)24-41(64-53(81)35-9-11-36(12-10-35)58-68-69-59(89-58)37-13-15-38(16-14-37)70-20-18-34(19-21-70)33-6-4-3-5-7-33)54(82)65-48(31(2)73)60(86)71-29-40(75)25-42(71)55(83)66-49(56(84)67-50(61(72)87)45(78)26-47(62)79)44(77)22-32-8-17-43(76)46(23-32)90-93-92-91-88/h3-17,23,30-31,34,39-42,44-45,48-52,73-78,80,88H,18-22,24-29H2,1-2H3,(H2,62,79)(H,63,85)(H,64,81)(H,65,82)(H,66,83)(H,67,84). The van der Waals surface area contributed by atoms with Crippen LogP contribution in [0.3, 0.4) is 0 Å². The van der Waals surface area contributed by atoms with Gasteiger partial charge in [-0.05, 0) is 97.5 Å². The fourth-order valence-electron chi connectivity index (χ4n) is 11.9. The second kappa shape index (κ2) is 30.7. The number of nitrogens with zero attached hydrogens (tertiary/aromatic N) is 5. The number of amides is 8. The number of benzene rings is 4. The highest BCUT2D eigenvalue weighted by Gasteiger charge is 2.50. The molecule has 1 aromatic heterocycles. The normalized spacial score (nSPS) is 25.7. The molecule has 32 heteroatoms. The van der Waals surface area contributed by atoms with Crippen LogP contribution in [-0.2, 0) is 49.4 Å². The summed E-state index contributed by atoms with van der Waals surface area (Å²) in [5.74, 6) is -10.3. The number of hydrogen-bond donors (Lipinski definition) is 14. The number of aliphatic hydroxyl groups is 6. The van der Waals surface area contributed by atoms with Crippen LogP contribution in [0.2, 0.25) is 0 Å². The molecule has 4 aromatic carbocycles. The Bertz CT molecular complexity index is 3470. The highest BCUT2D eigenvalue weighted by Crippen LogP contribution is 2.34. The molecule has 5 heterocycles. The zero-order valence-electron chi connectivity index (χ0n) is 50.3. The lowest BCUT2D eigenvalue weighted by molar-refractivity contribution is -0.433. The number of phenols is 1. The second-order valence-electron chi connectivity index (χ2n) is 23.5. The van der Waals surface area contributed by atoms with Gasteiger partial charge in [0.1, 0.15) is 36.3 Å². The molecule has 93 heavy (non-hydrogen) atoms. The van der Waals surface area contributed by atoms with Gasteiger partial charge in [0.05, 0.1) is 43.0 Å². The number of aromatic hydroxyl groups is 1. The quantitative estimate of drug-likeness (QED) is 0.0222. The minimum atomic E-state index is -2.22. The Morgan fingerprint density at radius 2 is 1.39 bits per heavy atom. The van der Waals surface area contributed by atoms with E-state index in [1.54, 1.807) is 0 Å². The SMILES string of the molecule is CC(O)C1NC(=O)C(NC(=O)c2ccc(-c3nnc(-c4ccc(N5CCC(c6ccccc6)CC5)cc4)o3)cc2)CC(O)CNC(=O)C2C(O)C(C)CN2C(=O)C(C(O)CC(N)=O)NC(=O)C(C(O)Cc2ccc(O)c(OSOOO)c2)NC(=O)C2CC(O)CN2C1=O. The zero-order chi connectivity index (χ0) is 66.8. The Morgan fingerprint density at radius 3 is 2.03 bits per heavy atom. The largest absolute Gasteiger partial charge is 0.504 e. The minimum Gasteiger partial charge on any atom is -0.504 e. The first kappa shape index (κ1) is 68.5. The Morgan fingerprint density at radius 1 is 0.753 bits per heavy atom. The van der Waals surface area contributed by atoms with Crippen LogP contribution < -0.4 is 41.4 Å². The first-order valence-electron chi connectivity index (χ1n) is 29.9. The summed E-state index contributed by atoms with van der Waals surface area (Å²) >= 11 is 0.0556. The van der Waals surface area contributed by atoms with Gasteiger partial charge in [0.15, 0.2) is 11.5 Å². The Labute approximate surface area is 535 Å². The fraction of sp³-hybridized carbons (Fsp3) is 0.443. The molecule has 8 amide bonds. The Kier molecular flexibility index (Phi) is 22.6. The highest BCUT2D eigenvalue weighted by molar-refractivity contribution is 7.90. The molecule has 9 rings (SSSR count). The van der Waals surface area contributed by atoms with E-state index >= 15 is 0 Å². The molecule has 0 spiro atoms. The van der Waals surface area contributed by atoms with Crippen LogP contribution in [0.15, 0.2) is 101 Å². The first-order valence-corrected chi connectivity index (χ1v) is 30.6. The summed E-state index contributed by atoms with van der Waals surface area (Å²) in [5.41, 5.74) is 8.94. The topological polar surface area (TPSA) is 461 Å². The maximum absolute atomic E-state index is 14.7. The molecule has 13 atom stereocenters. The molecule has 0 aliphatic carbocycles. The number of aromatic nitrogens is 2. The van der Waals surface area contributed by atoms with Gasteiger partial charge < -0.3 is 91.4 Å². The smallest absolute Gasteiger partial charge is 0.261 e. The van der Waals surface area contributed by atoms with E-state index in [4.69, 9.17) is 19.6 Å². The van der Waals surface area contributed by atoms with Crippen LogP contribution in [0.5, 0.6) is 11.5 Å². The van der Waals surface area contributed by atoms with E-state index in [-0.39, 0.29) is 41.0 Å². The van der Waals surface area contributed by atoms with Crippen LogP contribution in [0.4, 0.5) is 5.69 Å². The van der Waals surface area contributed by atoms with Gasteiger partial charge in [0.2, 0.25) is 53.1 Å². The number of rotatable bonds is 17. The van der Waals surface area contributed by atoms with Crippen molar-refractivity contribution in [1.29, 1.82) is 0 Å². The van der Waals surface area contributed by atoms with Gasteiger partial charge in [-0.25, -0.2) is 5.26 Å². The Balaban J connectivity index is 0.965. The number of hydrogen-bond acceptors (Lipinski definition) is 24. The molecule has 31 nitrogen and oxygen atoms in total. The van der Waals surface area contributed by atoms with E-state index in [0.717, 1.165) is 60.5 Å². The molecule has 4 aliphatic rings. The van der Waals surface area contributed by atoms with Gasteiger partial charge >= 0.3 is 0 Å². The number of carbonyl (C=O) groups is 8. The molecule has 498 valence electrons. The van der Waals surface area contributed by atoms with Crippen LogP contribution >= 0.6 is 12.3 Å². The van der Waals surface area contributed by atoms with Gasteiger partial charge in [-0.3, -0.25) is 38.4 Å². The van der Waals surface area contributed by atoms with Crippen molar-refractivity contribution in [3.05, 3.63) is 114 Å². The third kappa shape index (κ3) is 16.7. The molecule has 0 bridgehead atoms. The zero-order valence-corrected chi connectivity index (χ0v) is 51.1. The number of anilines is 1. The van der Waals surface area contributed by atoms with Crippen molar-refractivity contribution >= 4 is 65.3 Å². The number of nitrogens with one attached hydrogen (secondary N) is 5. The lowest BCUT2D eigenvalue weighted by Gasteiger charge is -2.34. The number of fused-ring (bicyclic) bond motifs is 2. The monoisotopic (exact) mass is 1310 g/mol. The summed E-state index contributed by atoms with van der Waals surface area (Å²) in [6.45, 7) is 2.64. The number of piperidine rings is 1. The molecule has 5 aromatic rings. The van der Waals surface area contributed by atoms with Crippen molar-refractivity contribution in [3.63, 3.8) is 0 Å². The molecule has 4 saturated heterocycles. The molecular weight excluding hydrogens is 1240 g/mol. The fourth-order valence-corrected chi connectivity index (χ4v) is 12.1. The average molecular weight is 1310 g/mol. The molecule has 0 saturated carbocycles. The third-order valence-electron chi connectivity index (χ3n) is 16.9. The van der Waals surface area contributed by atoms with Crippen LogP contribution in [0.1, 0.15) is 73.4 Å². The van der Waals surface area contributed by atoms with E-state index < -0.39 is 177 Å². The van der Waals surface area contributed by atoms with Crippen molar-refractivity contribution < 1.29 is 97.3 Å². The molecule has 4 fully saturated rings. The van der Waals surface area contributed by atoms with E-state index in [0.29, 0.717) is 17.0 Å². The summed E-state index contributed by atoms with van der Waals surface area (Å²) in [7, 11) is 0. The van der Waals surface area contributed by atoms with E-state index in [9.17, 15) is 74.1 Å². The summed E-state index contributed by atoms with van der Waals surface area (Å²) in [4.78, 5) is 118. The van der Waals surface area contributed by atoms with Crippen molar-refractivity contribution in [2.75, 3.05) is 37.6 Å². The van der Waals surface area contributed by atoms with Gasteiger partial charge in [0.25, 0.3) is 18.2 Å². The number of carbonyl (C=O) groups excluding carboxylic acids is 8. The predicted molar refractivity (Wildman–Crippen MR) is 326 cm³/mol. The predicted octanol–water partition coefficient (Wildman–Crippen LogP) is -1.32. The van der Waals surface area contributed by atoms with Crippen LogP contribution in [-0.4, -0.2) is 214 Å². The number of primary amides is 1. The number of β-amino-alcohol motifs (C(OH)–C–C–N with tert-alkyl or cyclic N) is 1. The molecule has 0 radical (unpaired) electrons. The van der Waals surface area contributed by atoms with Crippen molar-refractivity contribution in [1.82, 2.24) is 46.6 Å². The maximum Gasteiger partial charge on any atom is 0.261 e. The lowest BCUT2D eigenvalue weighted by Crippen LogP contribution is -2.64. The average Bonchev–Trinajstić information content (AvgIpc) is 1.74. The number of nitrogens with two attached hydrogens (primary N) is 1. The Hall–Kier alpha value is -8.83. The van der Waals surface area contributed by atoms with Gasteiger partial charge in [0, 0.05) is 80.3 Å². The summed E-state index contributed by atoms with van der Waals surface area (Å²) in [6, 6.07) is 15.8. The highest BCUT2D eigenvalue weighted by atomic mass is 32.2. The van der Waals surface area contributed by atoms with Gasteiger partial charge in [-0.1, -0.05) is 52.7 Å². The molecule has 13 unspecified atom stereocenters. The van der Waals surface area contributed by atoms with Crippen LogP contribution in [0, 0.1) is 5.92 Å². The second-order valence-corrected chi connectivity index (χ2v) is 23.9. The molecular formula is C61H73N11O20S. The molecule has 15 N–H and O–H groups in total. The van der Waals surface area contributed by atoms with Gasteiger partial charge in [-0.2, -0.15) is 0 Å². The lowest BCUT2D eigenvalue weighted by atomic mass is 9.89. The number of phenolic OH excluding ortho intramolecular Hbond substituents is 1.